The minimum atomic E-state index is -0.741. The van der Waals surface area contributed by atoms with Crippen LogP contribution in [-0.2, 0) is 17.6 Å². The fraction of sp³-hybridized carbons (Fsp3) is 0.235. The number of anilines is 1. The van der Waals surface area contributed by atoms with Crippen molar-refractivity contribution in [3.05, 3.63) is 63.7 Å². The molecule has 1 aliphatic rings. The number of nitrogens with one attached hydrogen (secondary N) is 1. The summed E-state index contributed by atoms with van der Waals surface area (Å²) in [5.74, 6) is 0.00842. The number of carbonyl (C=O) groups excluding carboxylic acids is 1. The summed E-state index contributed by atoms with van der Waals surface area (Å²) < 4.78 is 0. The Labute approximate surface area is 128 Å². The van der Waals surface area contributed by atoms with Crippen LogP contribution in [0.3, 0.4) is 0 Å². The molecule has 0 fully saturated rings. The van der Waals surface area contributed by atoms with Gasteiger partial charge in [0.25, 0.3) is 0 Å². The Morgan fingerprint density at radius 1 is 1.29 bits per heavy atom. The maximum Gasteiger partial charge on any atom is 0.228 e. The van der Waals surface area contributed by atoms with Gasteiger partial charge in [0.05, 0.1) is 6.42 Å². The SMILES string of the molecule is CCc1cc(C(O)c2cccc(Cl)c2)cc2c1NC(=O)C2. The van der Waals surface area contributed by atoms with Crippen molar-refractivity contribution >= 4 is 23.2 Å². The van der Waals surface area contributed by atoms with Crippen LogP contribution in [0.4, 0.5) is 5.69 Å². The van der Waals surface area contributed by atoms with Crippen LogP contribution in [-0.4, -0.2) is 11.0 Å². The summed E-state index contributed by atoms with van der Waals surface area (Å²) in [6.07, 6.45) is 0.437. The second kappa shape index (κ2) is 5.51. The second-order valence-electron chi connectivity index (χ2n) is 5.25. The number of rotatable bonds is 3. The Balaban J connectivity index is 2.03. The van der Waals surface area contributed by atoms with Gasteiger partial charge in [-0.3, -0.25) is 4.79 Å². The molecule has 0 bridgehead atoms. The molecule has 0 spiro atoms. The van der Waals surface area contributed by atoms with Gasteiger partial charge in [-0.1, -0.05) is 42.8 Å². The van der Waals surface area contributed by atoms with E-state index in [1.54, 1.807) is 12.1 Å². The van der Waals surface area contributed by atoms with E-state index in [0.29, 0.717) is 11.4 Å². The standard InChI is InChI=1S/C17H16ClNO2/c1-2-10-6-13(7-12-9-15(20)19-16(10)12)17(21)11-4-3-5-14(18)8-11/h3-8,17,21H,2,9H2,1H3,(H,19,20). The van der Waals surface area contributed by atoms with Gasteiger partial charge in [0, 0.05) is 10.7 Å². The van der Waals surface area contributed by atoms with E-state index >= 15 is 0 Å². The summed E-state index contributed by atoms with van der Waals surface area (Å²) in [5.41, 5.74) is 4.46. The fourth-order valence-electron chi connectivity index (χ4n) is 2.76. The Kier molecular flexibility index (Phi) is 3.70. The van der Waals surface area contributed by atoms with Crippen molar-refractivity contribution in [1.82, 2.24) is 0 Å². The molecule has 1 amide bonds. The van der Waals surface area contributed by atoms with E-state index in [9.17, 15) is 9.90 Å². The molecule has 2 aromatic rings. The number of hydrogen-bond acceptors (Lipinski definition) is 2. The van der Waals surface area contributed by atoms with Gasteiger partial charge >= 0.3 is 0 Å². The molecule has 0 aliphatic carbocycles. The summed E-state index contributed by atoms with van der Waals surface area (Å²) >= 11 is 5.98. The summed E-state index contributed by atoms with van der Waals surface area (Å²) in [6, 6.07) is 11.1. The number of carbonyl (C=O) groups is 1. The van der Waals surface area contributed by atoms with Crippen LogP contribution in [0.5, 0.6) is 0 Å². The van der Waals surface area contributed by atoms with Gasteiger partial charge in [-0.25, -0.2) is 0 Å². The van der Waals surface area contributed by atoms with Gasteiger partial charge in [0.15, 0.2) is 0 Å². The third-order valence-electron chi connectivity index (χ3n) is 3.80. The number of hydrogen-bond donors (Lipinski definition) is 2. The topological polar surface area (TPSA) is 49.3 Å². The van der Waals surface area contributed by atoms with Crippen LogP contribution in [0.2, 0.25) is 5.02 Å². The predicted molar refractivity (Wildman–Crippen MR) is 83.7 cm³/mol. The average molecular weight is 302 g/mol. The van der Waals surface area contributed by atoms with Crippen molar-refractivity contribution < 1.29 is 9.90 Å². The summed E-state index contributed by atoms with van der Waals surface area (Å²) in [5, 5.41) is 14.1. The maximum atomic E-state index is 11.6. The lowest BCUT2D eigenvalue weighted by molar-refractivity contribution is -0.115. The molecular weight excluding hydrogens is 286 g/mol. The fourth-order valence-corrected chi connectivity index (χ4v) is 2.96. The van der Waals surface area contributed by atoms with E-state index in [1.807, 2.05) is 31.2 Å². The summed E-state index contributed by atoms with van der Waals surface area (Å²) in [6.45, 7) is 2.04. The lowest BCUT2D eigenvalue weighted by Crippen LogP contribution is -2.05. The van der Waals surface area contributed by atoms with Crippen LogP contribution in [0, 0.1) is 0 Å². The molecule has 2 aromatic carbocycles. The molecule has 0 aromatic heterocycles. The number of aliphatic hydroxyl groups is 1. The van der Waals surface area contributed by atoms with Crippen LogP contribution in [0.25, 0.3) is 0 Å². The zero-order valence-electron chi connectivity index (χ0n) is 11.7. The molecule has 0 saturated carbocycles. The molecule has 2 N–H and O–H groups in total. The van der Waals surface area contributed by atoms with E-state index in [4.69, 9.17) is 11.6 Å². The summed E-state index contributed by atoms with van der Waals surface area (Å²) in [7, 11) is 0. The van der Waals surface area contributed by atoms with Gasteiger partial charge in [-0.2, -0.15) is 0 Å². The van der Waals surface area contributed by atoms with Crippen molar-refractivity contribution in [1.29, 1.82) is 0 Å². The third-order valence-corrected chi connectivity index (χ3v) is 4.04. The largest absolute Gasteiger partial charge is 0.384 e. The number of benzene rings is 2. The Bertz CT molecular complexity index is 712. The number of amides is 1. The average Bonchev–Trinajstić information content (AvgIpc) is 2.85. The van der Waals surface area contributed by atoms with E-state index in [2.05, 4.69) is 5.32 Å². The predicted octanol–water partition coefficient (Wildman–Crippen LogP) is 3.48. The highest BCUT2D eigenvalue weighted by Gasteiger charge is 2.23. The van der Waals surface area contributed by atoms with Crippen LogP contribution in [0.15, 0.2) is 36.4 Å². The first kappa shape index (κ1) is 14.1. The Morgan fingerprint density at radius 3 is 2.81 bits per heavy atom. The van der Waals surface area contributed by atoms with Gasteiger partial charge in [0.1, 0.15) is 6.10 Å². The maximum absolute atomic E-state index is 11.6. The van der Waals surface area contributed by atoms with Gasteiger partial charge in [-0.15, -0.1) is 0 Å². The summed E-state index contributed by atoms with van der Waals surface area (Å²) in [4.78, 5) is 11.6. The van der Waals surface area contributed by atoms with E-state index < -0.39 is 6.10 Å². The van der Waals surface area contributed by atoms with Crippen LogP contribution in [0.1, 0.15) is 35.3 Å². The monoisotopic (exact) mass is 301 g/mol. The third kappa shape index (κ3) is 2.67. The zero-order valence-corrected chi connectivity index (χ0v) is 12.4. The van der Waals surface area contributed by atoms with E-state index in [-0.39, 0.29) is 5.91 Å². The smallest absolute Gasteiger partial charge is 0.228 e. The van der Waals surface area contributed by atoms with Crippen molar-refractivity contribution in [2.45, 2.75) is 25.9 Å². The lowest BCUT2D eigenvalue weighted by atomic mass is 9.95. The molecule has 0 radical (unpaired) electrons. The number of aliphatic hydroxyl groups excluding tert-OH is 1. The highest BCUT2D eigenvalue weighted by molar-refractivity contribution is 6.30. The van der Waals surface area contributed by atoms with Crippen molar-refractivity contribution in [3.63, 3.8) is 0 Å². The molecule has 1 atom stereocenters. The molecule has 3 nitrogen and oxygen atoms in total. The van der Waals surface area contributed by atoms with Gasteiger partial charge < -0.3 is 10.4 Å². The molecular formula is C17H16ClNO2. The molecule has 108 valence electrons. The molecule has 1 aliphatic heterocycles. The first-order chi connectivity index (χ1) is 10.1. The first-order valence-electron chi connectivity index (χ1n) is 6.97. The van der Waals surface area contributed by atoms with E-state index in [0.717, 1.165) is 34.4 Å². The quantitative estimate of drug-likeness (QED) is 0.912. The van der Waals surface area contributed by atoms with Crippen molar-refractivity contribution in [2.24, 2.45) is 0 Å². The molecule has 1 heterocycles. The Hall–Kier alpha value is -1.84. The highest BCUT2D eigenvalue weighted by Crippen LogP contribution is 2.33. The zero-order chi connectivity index (χ0) is 15.0. The normalized spacial score (nSPS) is 14.7. The van der Waals surface area contributed by atoms with Crippen LogP contribution >= 0.6 is 11.6 Å². The minimum absolute atomic E-state index is 0.00842. The molecule has 4 heteroatoms. The number of fused-ring (bicyclic) bond motifs is 1. The number of aryl methyl sites for hydroxylation is 1. The molecule has 3 rings (SSSR count). The minimum Gasteiger partial charge on any atom is -0.384 e. The van der Waals surface area contributed by atoms with Crippen molar-refractivity contribution in [3.8, 4) is 0 Å². The highest BCUT2D eigenvalue weighted by atomic mass is 35.5. The lowest BCUT2D eigenvalue weighted by Gasteiger charge is -2.15. The van der Waals surface area contributed by atoms with Gasteiger partial charge in [-0.05, 0) is 40.8 Å². The molecule has 0 saturated heterocycles. The first-order valence-corrected chi connectivity index (χ1v) is 7.35. The number of halogens is 1. The molecule has 1 unspecified atom stereocenters. The van der Waals surface area contributed by atoms with Crippen molar-refractivity contribution in [2.75, 3.05) is 5.32 Å². The van der Waals surface area contributed by atoms with Gasteiger partial charge in [0.2, 0.25) is 5.91 Å². The second-order valence-corrected chi connectivity index (χ2v) is 5.69. The Morgan fingerprint density at radius 2 is 2.10 bits per heavy atom. The van der Waals surface area contributed by atoms with E-state index in [1.165, 1.54) is 0 Å². The molecule has 21 heavy (non-hydrogen) atoms. The van der Waals surface area contributed by atoms with Crippen LogP contribution < -0.4 is 5.32 Å².